The lowest BCUT2D eigenvalue weighted by Crippen LogP contribution is -2.44. The Balaban J connectivity index is 2.49. The maximum absolute atomic E-state index is 13.9. The highest BCUT2D eigenvalue weighted by Gasteiger charge is 2.37. The van der Waals surface area contributed by atoms with Crippen molar-refractivity contribution in [1.29, 1.82) is 0 Å². The fraction of sp³-hybridized carbons (Fsp3) is 0.514. The zero-order valence-corrected chi connectivity index (χ0v) is 28.2. The number of aliphatic hydroxyl groups is 2. The Morgan fingerprint density at radius 3 is 2.33 bits per heavy atom. The number of benzene rings is 1. The topological polar surface area (TPSA) is 134 Å². The second kappa shape index (κ2) is 16.1. The molecule has 1 heterocycles. The van der Waals surface area contributed by atoms with E-state index < -0.39 is 29.2 Å². The normalized spacial score (nSPS) is 18.5. The molecule has 2 rings (SSSR count). The Hall–Kier alpha value is -3.62. The predicted octanol–water partition coefficient (Wildman–Crippen LogP) is 7.51. The summed E-state index contributed by atoms with van der Waals surface area (Å²) in [5, 5.41) is 42.8. The van der Waals surface area contributed by atoms with Gasteiger partial charge >= 0.3 is 5.97 Å². The molecule has 0 fully saturated rings. The highest BCUT2D eigenvalue weighted by atomic mass is 16.5. The van der Waals surface area contributed by atoms with Gasteiger partial charge in [-0.2, -0.15) is 0 Å². The summed E-state index contributed by atoms with van der Waals surface area (Å²) in [6, 6.07) is 0. The third-order valence-corrected chi connectivity index (χ3v) is 8.29. The van der Waals surface area contributed by atoms with Crippen LogP contribution >= 0.6 is 0 Å². The standard InChI is InChI=1S/C37H52O8/c1-10-12-26(34(40)37(8,43)22-18-25(6)35(41)42)15-17-29(38)30-31(39)27-19-21-36(7,20-11-13-23(2)3)45-32(27)28(33(30)44-9)16-14-24(4)5/h10,13-14,18-19,21,26,34,39-40,43H,1,11-12,15-17,20,22H2,2-9H3,(H,41,42)/b25-18-. The molecule has 0 aromatic heterocycles. The smallest absolute Gasteiger partial charge is 0.330 e. The van der Waals surface area contributed by atoms with Crippen LogP contribution in [0.5, 0.6) is 17.2 Å². The van der Waals surface area contributed by atoms with Crippen molar-refractivity contribution in [2.45, 2.75) is 111 Å². The van der Waals surface area contributed by atoms with Crippen molar-refractivity contribution >= 4 is 17.8 Å². The second-order valence-corrected chi connectivity index (χ2v) is 13.0. The number of carboxylic acids is 1. The van der Waals surface area contributed by atoms with E-state index in [1.165, 1.54) is 32.6 Å². The van der Waals surface area contributed by atoms with Crippen LogP contribution < -0.4 is 9.47 Å². The molecule has 4 N–H and O–H groups in total. The van der Waals surface area contributed by atoms with Crippen molar-refractivity contribution in [2.75, 3.05) is 7.11 Å². The number of Topliss-reactive ketones (excluding diaryl/α,β-unsaturated/α-hetero) is 1. The highest BCUT2D eigenvalue weighted by molar-refractivity contribution is 6.03. The molecule has 0 bridgehead atoms. The van der Waals surface area contributed by atoms with Crippen LogP contribution in [0.25, 0.3) is 6.08 Å². The molecular weight excluding hydrogens is 572 g/mol. The third kappa shape index (κ3) is 9.93. The highest BCUT2D eigenvalue weighted by Crippen LogP contribution is 2.49. The van der Waals surface area contributed by atoms with Crippen LogP contribution in [0, 0.1) is 5.92 Å². The summed E-state index contributed by atoms with van der Waals surface area (Å²) in [5.74, 6) is -1.53. The fourth-order valence-electron chi connectivity index (χ4n) is 5.46. The SMILES string of the molecule is C=CCC(CCC(=O)c1c(O)c2c(c(CC=C(C)C)c1OC)OC(C)(CCC=C(C)C)C=C2)C(O)C(C)(O)C/C=C(/C)C(=O)O. The molecule has 0 amide bonds. The average molecular weight is 625 g/mol. The zero-order chi connectivity index (χ0) is 34.1. The number of ketones is 1. The number of allylic oxidation sites excluding steroid dienone is 5. The van der Waals surface area contributed by atoms with E-state index in [4.69, 9.17) is 14.6 Å². The molecule has 8 nitrogen and oxygen atoms in total. The van der Waals surface area contributed by atoms with Gasteiger partial charge in [0.25, 0.3) is 0 Å². The van der Waals surface area contributed by atoms with Gasteiger partial charge in [0.05, 0.1) is 24.4 Å². The van der Waals surface area contributed by atoms with Gasteiger partial charge in [-0.15, -0.1) is 6.58 Å². The Morgan fingerprint density at radius 1 is 1.13 bits per heavy atom. The van der Waals surface area contributed by atoms with Crippen molar-refractivity contribution in [2.24, 2.45) is 5.92 Å². The number of aliphatic hydroxyl groups excluding tert-OH is 1. The molecule has 4 atom stereocenters. The first-order valence-corrected chi connectivity index (χ1v) is 15.5. The zero-order valence-electron chi connectivity index (χ0n) is 28.2. The summed E-state index contributed by atoms with van der Waals surface area (Å²) in [4.78, 5) is 25.0. The van der Waals surface area contributed by atoms with Crippen LogP contribution in [0.3, 0.4) is 0 Å². The summed E-state index contributed by atoms with van der Waals surface area (Å²) in [7, 11) is 1.46. The lowest BCUT2D eigenvalue weighted by Gasteiger charge is -2.34. The Labute approximate surface area is 268 Å². The van der Waals surface area contributed by atoms with Gasteiger partial charge in [-0.1, -0.05) is 35.5 Å². The van der Waals surface area contributed by atoms with Gasteiger partial charge in [0, 0.05) is 17.6 Å². The monoisotopic (exact) mass is 624 g/mol. The molecule has 45 heavy (non-hydrogen) atoms. The first kappa shape index (κ1) is 37.6. The van der Waals surface area contributed by atoms with Crippen LogP contribution in [-0.4, -0.2) is 56.6 Å². The van der Waals surface area contributed by atoms with E-state index in [9.17, 15) is 24.9 Å². The lowest BCUT2D eigenvalue weighted by molar-refractivity contribution is -0.132. The first-order valence-electron chi connectivity index (χ1n) is 15.5. The van der Waals surface area contributed by atoms with Crippen molar-refractivity contribution in [3.63, 3.8) is 0 Å². The number of carbonyl (C=O) groups is 2. The van der Waals surface area contributed by atoms with Crippen LogP contribution in [-0.2, 0) is 11.2 Å². The largest absolute Gasteiger partial charge is 0.506 e. The maximum atomic E-state index is 13.9. The van der Waals surface area contributed by atoms with Crippen LogP contribution in [0.1, 0.15) is 108 Å². The van der Waals surface area contributed by atoms with E-state index in [-0.39, 0.29) is 47.7 Å². The van der Waals surface area contributed by atoms with Gasteiger partial charge < -0.3 is 29.9 Å². The van der Waals surface area contributed by atoms with Crippen molar-refractivity contribution < 1.29 is 39.5 Å². The number of hydrogen-bond acceptors (Lipinski definition) is 7. The predicted molar refractivity (Wildman–Crippen MR) is 179 cm³/mol. The van der Waals surface area contributed by atoms with Crippen LogP contribution in [0.4, 0.5) is 0 Å². The lowest BCUT2D eigenvalue weighted by atomic mass is 9.80. The van der Waals surface area contributed by atoms with Crippen molar-refractivity contribution in [3.8, 4) is 17.2 Å². The number of fused-ring (bicyclic) bond motifs is 1. The molecule has 248 valence electrons. The number of rotatable bonds is 17. The number of ether oxygens (including phenoxy) is 2. The molecule has 0 radical (unpaired) electrons. The third-order valence-electron chi connectivity index (χ3n) is 8.29. The number of aliphatic carboxylic acids is 1. The van der Waals surface area contributed by atoms with Crippen LogP contribution in [0.2, 0.25) is 0 Å². The van der Waals surface area contributed by atoms with Gasteiger partial charge in [0.2, 0.25) is 0 Å². The molecule has 0 aliphatic carbocycles. The van der Waals surface area contributed by atoms with Gasteiger partial charge in [-0.05, 0) is 105 Å². The molecule has 8 heteroatoms. The number of carboxylic acid groups (broad SMARTS) is 1. The van der Waals surface area contributed by atoms with Gasteiger partial charge in [-0.3, -0.25) is 4.79 Å². The Kier molecular flexibility index (Phi) is 13.4. The van der Waals surface area contributed by atoms with E-state index in [0.717, 1.165) is 18.4 Å². The van der Waals surface area contributed by atoms with Crippen molar-refractivity contribution in [1.82, 2.24) is 0 Å². The molecule has 0 saturated carbocycles. The minimum Gasteiger partial charge on any atom is -0.506 e. The molecule has 1 aromatic rings. The molecule has 1 aromatic carbocycles. The van der Waals surface area contributed by atoms with E-state index >= 15 is 0 Å². The van der Waals surface area contributed by atoms with Crippen LogP contribution in [0.15, 0.2) is 53.7 Å². The van der Waals surface area contributed by atoms with E-state index in [2.05, 4.69) is 26.5 Å². The Bertz CT molecular complexity index is 1370. The number of phenols is 1. The number of hydrogen-bond donors (Lipinski definition) is 4. The van der Waals surface area contributed by atoms with E-state index in [0.29, 0.717) is 29.7 Å². The summed E-state index contributed by atoms with van der Waals surface area (Å²) in [6.07, 6.45) is 11.9. The maximum Gasteiger partial charge on any atom is 0.330 e. The van der Waals surface area contributed by atoms with Gasteiger partial charge in [0.1, 0.15) is 28.4 Å². The van der Waals surface area contributed by atoms with E-state index in [1.807, 2.05) is 39.0 Å². The number of carbonyl (C=O) groups excluding carboxylic acids is 1. The number of methoxy groups -OCH3 is 1. The molecule has 1 aliphatic heterocycles. The molecule has 4 unspecified atom stereocenters. The van der Waals surface area contributed by atoms with Gasteiger partial charge in [0.15, 0.2) is 5.78 Å². The average Bonchev–Trinajstić information content (AvgIpc) is 2.96. The second-order valence-electron chi connectivity index (χ2n) is 13.0. The quantitative estimate of drug-likeness (QED) is 0.0795. The number of phenolic OH excluding ortho intramolecular Hbond substituents is 1. The summed E-state index contributed by atoms with van der Waals surface area (Å²) < 4.78 is 12.4. The minimum absolute atomic E-state index is 0.0495. The van der Waals surface area contributed by atoms with Gasteiger partial charge in [-0.25, -0.2) is 4.79 Å². The summed E-state index contributed by atoms with van der Waals surface area (Å²) in [5.41, 5.74) is 1.23. The van der Waals surface area contributed by atoms with Crippen molar-refractivity contribution in [3.05, 3.63) is 70.4 Å². The summed E-state index contributed by atoms with van der Waals surface area (Å²) >= 11 is 0. The first-order chi connectivity index (χ1) is 21.0. The Morgan fingerprint density at radius 2 is 1.78 bits per heavy atom. The molecule has 1 aliphatic rings. The molecular formula is C37H52O8. The molecule has 0 spiro atoms. The van der Waals surface area contributed by atoms with E-state index in [1.54, 1.807) is 6.08 Å². The molecule has 0 saturated heterocycles. The fourth-order valence-corrected chi connectivity index (χ4v) is 5.46. The number of aromatic hydroxyl groups is 1. The summed E-state index contributed by atoms with van der Waals surface area (Å²) in [6.45, 7) is 16.7. The minimum atomic E-state index is -1.64.